The van der Waals surface area contributed by atoms with E-state index in [1.54, 1.807) is 41.5 Å². The van der Waals surface area contributed by atoms with Gasteiger partial charge in [-0.05, 0) is 100 Å². The van der Waals surface area contributed by atoms with Crippen LogP contribution >= 0.6 is 10.3 Å². The zero-order valence-electron chi connectivity index (χ0n) is 32.0. The van der Waals surface area contributed by atoms with Gasteiger partial charge in [-0.3, -0.25) is 0 Å². The summed E-state index contributed by atoms with van der Waals surface area (Å²) in [4.78, 5) is 22.0. The van der Waals surface area contributed by atoms with Gasteiger partial charge in [-0.2, -0.15) is 47.9 Å². The molecule has 0 fully saturated rings. The van der Waals surface area contributed by atoms with Gasteiger partial charge in [-0.15, -0.1) is 0 Å². The highest BCUT2D eigenvalue weighted by Gasteiger charge is 2.51. The summed E-state index contributed by atoms with van der Waals surface area (Å²) in [5.41, 5.74) is -9.98. The Balaban J connectivity index is 2.11. The summed E-state index contributed by atoms with van der Waals surface area (Å²) in [6.45, 7) is 7.80. The molecular weight excluding hydrogens is 848 g/mol. The van der Waals surface area contributed by atoms with E-state index in [0.717, 1.165) is 18.2 Å². The highest BCUT2D eigenvalue weighted by atomic mass is 32.3. The highest BCUT2D eigenvalue weighted by molar-refractivity contribution is 8.33. The van der Waals surface area contributed by atoms with Crippen LogP contribution in [0.5, 0.6) is 11.5 Å². The van der Waals surface area contributed by atoms with Crippen molar-refractivity contribution in [2.75, 3.05) is 13.2 Å². The van der Waals surface area contributed by atoms with Gasteiger partial charge in [0.2, 0.25) is 0 Å². The lowest BCUT2D eigenvalue weighted by Gasteiger charge is -2.40. The first-order chi connectivity index (χ1) is 26.9. The number of carbonyl (C=O) groups is 2. The van der Waals surface area contributed by atoms with Crippen LogP contribution in [-0.4, -0.2) is 44.8 Å². The van der Waals surface area contributed by atoms with Crippen LogP contribution in [0.2, 0.25) is 0 Å². The lowest BCUT2D eigenvalue weighted by Crippen LogP contribution is -2.27. The van der Waals surface area contributed by atoms with E-state index in [1.165, 1.54) is 60.7 Å². The number of esters is 2. The summed E-state index contributed by atoms with van der Waals surface area (Å²) in [7, 11) is -10.7. The van der Waals surface area contributed by atoms with Crippen molar-refractivity contribution in [2.24, 2.45) is 0 Å². The number of benzene rings is 4. The zero-order valence-corrected chi connectivity index (χ0v) is 33.6. The topological polar surface area (TPSA) is 114 Å². The molecule has 59 heavy (non-hydrogen) atoms. The first-order valence-electron chi connectivity index (χ1n) is 17.1. The van der Waals surface area contributed by atoms with Crippen molar-refractivity contribution in [3.63, 3.8) is 0 Å². The Morgan fingerprint density at radius 3 is 1.22 bits per heavy atom. The quantitative estimate of drug-likeness (QED) is 0.101. The third kappa shape index (κ3) is 12.1. The average Bonchev–Trinajstić information content (AvgIpc) is 3.10. The molecule has 0 aromatic heterocycles. The van der Waals surface area contributed by atoms with Gasteiger partial charge in [0.1, 0.15) is 27.6 Å². The molecule has 0 aliphatic heterocycles. The fourth-order valence-electron chi connectivity index (χ4n) is 5.31. The first-order valence-corrected chi connectivity index (χ1v) is 20.0. The van der Waals surface area contributed by atoms with Crippen molar-refractivity contribution >= 4 is 32.4 Å². The van der Waals surface area contributed by atoms with Crippen molar-refractivity contribution in [1.29, 1.82) is 0 Å². The molecule has 0 amide bonds. The Morgan fingerprint density at radius 1 is 0.525 bits per heavy atom. The van der Waals surface area contributed by atoms with Crippen LogP contribution < -0.4 is 9.47 Å². The maximum Gasteiger partial charge on any atom is 0.417 e. The van der Waals surface area contributed by atoms with Gasteiger partial charge in [0.05, 0.1) is 16.7 Å². The van der Waals surface area contributed by atoms with Crippen molar-refractivity contribution in [3.05, 3.63) is 108 Å². The molecule has 0 saturated carbocycles. The van der Waals surface area contributed by atoms with E-state index in [4.69, 9.17) is 22.6 Å². The van der Waals surface area contributed by atoms with Gasteiger partial charge in [0, 0.05) is 20.8 Å². The van der Waals surface area contributed by atoms with Crippen LogP contribution in [0, 0.1) is 0 Å². The molecule has 322 valence electrons. The molecular formula is C39H37F9O9S2. The zero-order chi connectivity index (χ0) is 44.4. The molecule has 4 aromatic rings. The van der Waals surface area contributed by atoms with Crippen LogP contribution in [-0.2, 0) is 51.3 Å². The standard InChI is InChI=1S/C39H37F9O9S2/c1-35(2,3)55-32(49)22-53-25-19-26(54-23-33(50)56-36(4,5)6)21-29(20-25)58(27-13-9-7-10-14-27,28-15-11-8-12-16-28)57-59(51,52)34-30(38(43,44)45)17-24(37(40,41)42)18-31(34)39(46,47)48/h7-21H,22-23H2,1-6H3. The van der Waals surface area contributed by atoms with E-state index in [2.05, 4.69) is 0 Å². The first kappa shape index (κ1) is 46.7. The maximum atomic E-state index is 14.6. The number of carbonyl (C=O) groups excluding carboxylic acids is 2. The molecule has 4 rings (SSSR count). The molecule has 0 radical (unpaired) electrons. The van der Waals surface area contributed by atoms with Gasteiger partial charge in [-0.25, -0.2) is 13.2 Å². The Hall–Kier alpha value is -4.95. The van der Waals surface area contributed by atoms with E-state index in [9.17, 15) is 57.5 Å². The second-order valence-electron chi connectivity index (χ2n) is 14.5. The number of rotatable bonds is 12. The summed E-state index contributed by atoms with van der Waals surface area (Å²) >= 11 is 0. The molecule has 4 aromatic carbocycles. The second-order valence-corrected chi connectivity index (χ2v) is 18.9. The van der Waals surface area contributed by atoms with Gasteiger partial charge in [0.15, 0.2) is 13.2 Å². The summed E-state index contributed by atoms with van der Waals surface area (Å²) < 4.78 is 185. The predicted molar refractivity (Wildman–Crippen MR) is 194 cm³/mol. The van der Waals surface area contributed by atoms with Crippen molar-refractivity contribution in [1.82, 2.24) is 0 Å². The molecule has 0 atom stereocenters. The predicted octanol–water partition coefficient (Wildman–Crippen LogP) is 10.8. The maximum absolute atomic E-state index is 14.6. The number of halogens is 9. The van der Waals surface area contributed by atoms with Crippen LogP contribution in [0.15, 0.2) is 111 Å². The average molecular weight is 885 g/mol. The summed E-state index contributed by atoms with van der Waals surface area (Å²) in [6, 6.07) is 15.0. The largest absolute Gasteiger partial charge is 0.482 e. The molecule has 20 heteroatoms. The van der Waals surface area contributed by atoms with E-state index < -0.39 is 109 Å². The summed E-state index contributed by atoms with van der Waals surface area (Å²) in [6.07, 6.45) is -18.0. The number of alkyl halides is 9. The smallest absolute Gasteiger partial charge is 0.417 e. The van der Waals surface area contributed by atoms with E-state index >= 15 is 0 Å². The van der Waals surface area contributed by atoms with E-state index in [1.807, 2.05) is 0 Å². The van der Waals surface area contributed by atoms with Crippen LogP contribution in [0.3, 0.4) is 0 Å². The van der Waals surface area contributed by atoms with Crippen molar-refractivity contribution in [2.45, 2.75) is 90.9 Å². The third-order valence-electron chi connectivity index (χ3n) is 7.36. The van der Waals surface area contributed by atoms with Crippen LogP contribution in [0.4, 0.5) is 39.5 Å². The van der Waals surface area contributed by atoms with Crippen molar-refractivity contribution < 1.29 is 80.1 Å². The fraction of sp³-hybridized carbons (Fsp3) is 0.333. The van der Waals surface area contributed by atoms with Gasteiger partial charge in [0.25, 0.3) is 0 Å². The second kappa shape index (κ2) is 17.0. The summed E-state index contributed by atoms with van der Waals surface area (Å²) in [5.74, 6) is -2.44. The lowest BCUT2D eigenvalue weighted by atomic mass is 10.0. The normalized spacial score (nSPS) is 13.4. The van der Waals surface area contributed by atoms with Crippen LogP contribution in [0.25, 0.3) is 0 Å². The molecule has 9 nitrogen and oxygen atoms in total. The minimum absolute atomic E-state index is 0.175. The monoisotopic (exact) mass is 884 g/mol. The lowest BCUT2D eigenvalue weighted by molar-refractivity contribution is -0.158. The SMILES string of the molecule is CC(C)(C)OC(=O)COc1cc(OCC(=O)OC(C)(C)C)cc(S(OS(=O)(=O)c2c(C(F)(F)F)cc(C(F)(F)F)cc2C(F)(F)F)(c2ccccc2)c2ccccc2)c1. The number of ether oxygens (including phenoxy) is 4. The van der Waals surface area contributed by atoms with Gasteiger partial charge in [-0.1, -0.05) is 36.4 Å². The molecule has 0 unspecified atom stereocenters. The number of hydrogen-bond acceptors (Lipinski definition) is 9. The molecule has 0 saturated heterocycles. The Labute approximate surface area is 335 Å². The molecule has 0 spiro atoms. The minimum atomic E-state index is -6.47. The van der Waals surface area contributed by atoms with Gasteiger partial charge < -0.3 is 18.9 Å². The van der Waals surface area contributed by atoms with Crippen molar-refractivity contribution in [3.8, 4) is 11.5 Å². The number of hydrogen-bond donors (Lipinski definition) is 0. The van der Waals surface area contributed by atoms with Crippen LogP contribution in [0.1, 0.15) is 58.2 Å². The Bertz CT molecular complexity index is 2120. The molecule has 0 N–H and O–H groups in total. The molecule has 0 bridgehead atoms. The summed E-state index contributed by atoms with van der Waals surface area (Å²) in [5, 5.41) is 0. The molecule has 0 aliphatic carbocycles. The van der Waals surface area contributed by atoms with E-state index in [0.29, 0.717) is 0 Å². The molecule has 0 heterocycles. The minimum Gasteiger partial charge on any atom is -0.482 e. The van der Waals surface area contributed by atoms with Gasteiger partial charge >= 0.3 is 40.6 Å². The highest BCUT2D eigenvalue weighted by Crippen LogP contribution is 2.71. The third-order valence-corrected chi connectivity index (χ3v) is 12.6. The fourth-order valence-corrected chi connectivity index (χ4v) is 10.9. The Kier molecular flexibility index (Phi) is 13.4. The molecule has 0 aliphatic rings. The van der Waals surface area contributed by atoms with E-state index in [-0.39, 0.29) is 26.2 Å². The Morgan fingerprint density at radius 2 is 0.898 bits per heavy atom.